The van der Waals surface area contributed by atoms with E-state index < -0.39 is 0 Å². The average molecular weight is 356 g/mol. The quantitative estimate of drug-likeness (QED) is 0.813. The van der Waals surface area contributed by atoms with E-state index in [2.05, 4.69) is 12.0 Å². The van der Waals surface area contributed by atoms with Crippen molar-refractivity contribution in [1.82, 2.24) is 9.91 Å². The summed E-state index contributed by atoms with van der Waals surface area (Å²) >= 11 is 5.94. The number of nitrogens with zero attached hydrogens (tertiary/aromatic N) is 3. The Morgan fingerprint density at radius 2 is 1.88 bits per heavy atom. The van der Waals surface area contributed by atoms with Gasteiger partial charge in [0.25, 0.3) is 5.91 Å². The predicted molar refractivity (Wildman–Crippen MR) is 102 cm³/mol. The monoisotopic (exact) mass is 355 g/mol. The van der Waals surface area contributed by atoms with Gasteiger partial charge in [0.15, 0.2) is 0 Å². The van der Waals surface area contributed by atoms with Crippen molar-refractivity contribution in [3.8, 4) is 0 Å². The van der Waals surface area contributed by atoms with Crippen molar-refractivity contribution in [3.05, 3.63) is 70.7 Å². The van der Waals surface area contributed by atoms with Crippen molar-refractivity contribution >= 4 is 23.2 Å². The van der Waals surface area contributed by atoms with Gasteiger partial charge < -0.3 is 0 Å². The summed E-state index contributed by atoms with van der Waals surface area (Å²) in [5.74, 6) is 0.0224. The maximum atomic E-state index is 12.6. The van der Waals surface area contributed by atoms with Crippen LogP contribution in [0, 0.1) is 0 Å². The minimum Gasteiger partial charge on any atom is -0.291 e. The Balaban J connectivity index is 1.62. The van der Waals surface area contributed by atoms with Gasteiger partial charge >= 0.3 is 0 Å². The third-order valence-electron chi connectivity index (χ3n) is 4.59. The molecule has 25 heavy (non-hydrogen) atoms. The number of hydrogen-bond donors (Lipinski definition) is 0. The van der Waals surface area contributed by atoms with E-state index in [-0.39, 0.29) is 11.9 Å². The van der Waals surface area contributed by atoms with E-state index in [9.17, 15) is 4.79 Å². The topological polar surface area (TPSA) is 35.9 Å². The van der Waals surface area contributed by atoms with Crippen LogP contribution in [0.25, 0.3) is 0 Å². The summed E-state index contributed by atoms with van der Waals surface area (Å²) in [7, 11) is 1.95. The van der Waals surface area contributed by atoms with Gasteiger partial charge in [-0.1, -0.05) is 54.1 Å². The number of likely N-dealkylation sites (N-methyl/N-ethyl adjacent to an activating group) is 1. The molecule has 1 atom stereocenters. The molecule has 130 valence electrons. The smallest absolute Gasteiger partial charge is 0.256 e. The highest BCUT2D eigenvalue weighted by Gasteiger charge is 2.24. The van der Waals surface area contributed by atoms with Crippen LogP contribution in [0.4, 0.5) is 0 Å². The van der Waals surface area contributed by atoms with Gasteiger partial charge in [-0.3, -0.25) is 9.69 Å². The minimum absolute atomic E-state index is 0.0224. The fraction of sp³-hybridized carbons (Fsp3) is 0.300. The van der Waals surface area contributed by atoms with Crippen molar-refractivity contribution in [2.45, 2.75) is 19.4 Å². The number of carbonyl (C=O) groups is 1. The van der Waals surface area contributed by atoms with Crippen molar-refractivity contribution < 1.29 is 4.79 Å². The highest BCUT2D eigenvalue weighted by Crippen LogP contribution is 2.21. The fourth-order valence-corrected chi connectivity index (χ4v) is 3.02. The van der Waals surface area contributed by atoms with Crippen LogP contribution in [0.5, 0.6) is 0 Å². The third kappa shape index (κ3) is 4.27. The molecule has 0 saturated heterocycles. The minimum atomic E-state index is 0.0224. The lowest BCUT2D eigenvalue weighted by atomic mass is 10.1. The largest absolute Gasteiger partial charge is 0.291 e. The first-order valence-corrected chi connectivity index (χ1v) is 8.81. The SMILES string of the molecule is C[C@@H](c1ccc(Cl)cc1)N(C)CC(=O)N1CCC(c2ccccc2)=N1. The van der Waals surface area contributed by atoms with Crippen molar-refractivity contribution in [2.75, 3.05) is 20.1 Å². The van der Waals surface area contributed by atoms with Gasteiger partial charge in [-0.05, 0) is 37.2 Å². The van der Waals surface area contributed by atoms with E-state index in [1.165, 1.54) is 0 Å². The number of hydrazone groups is 1. The molecule has 0 radical (unpaired) electrons. The highest BCUT2D eigenvalue weighted by molar-refractivity contribution is 6.30. The lowest BCUT2D eigenvalue weighted by molar-refractivity contribution is -0.132. The second kappa shape index (κ2) is 7.81. The van der Waals surface area contributed by atoms with E-state index in [4.69, 9.17) is 11.6 Å². The molecule has 1 aliphatic heterocycles. The van der Waals surface area contributed by atoms with E-state index in [1.807, 2.05) is 66.5 Å². The van der Waals surface area contributed by atoms with Crippen molar-refractivity contribution in [1.29, 1.82) is 0 Å². The van der Waals surface area contributed by atoms with Gasteiger partial charge in [0.2, 0.25) is 0 Å². The molecule has 1 heterocycles. The molecule has 0 aliphatic carbocycles. The fourth-order valence-electron chi connectivity index (χ4n) is 2.90. The summed E-state index contributed by atoms with van der Waals surface area (Å²) in [4.78, 5) is 14.6. The van der Waals surface area contributed by atoms with Gasteiger partial charge in [-0.25, -0.2) is 5.01 Å². The lowest BCUT2D eigenvalue weighted by Crippen LogP contribution is -2.36. The van der Waals surface area contributed by atoms with E-state index in [0.29, 0.717) is 13.1 Å². The second-order valence-electron chi connectivity index (χ2n) is 6.32. The summed E-state index contributed by atoms with van der Waals surface area (Å²) in [6.45, 7) is 3.06. The first kappa shape index (κ1) is 17.6. The highest BCUT2D eigenvalue weighted by atomic mass is 35.5. The number of carbonyl (C=O) groups excluding carboxylic acids is 1. The Labute approximate surface area is 153 Å². The molecule has 0 saturated carbocycles. The van der Waals surface area contributed by atoms with Gasteiger partial charge in [-0.15, -0.1) is 0 Å². The molecule has 2 aromatic carbocycles. The van der Waals surface area contributed by atoms with E-state index in [1.54, 1.807) is 5.01 Å². The van der Waals surface area contributed by atoms with Gasteiger partial charge in [0, 0.05) is 17.5 Å². The van der Waals surface area contributed by atoms with Gasteiger partial charge in [0.05, 0.1) is 18.8 Å². The zero-order valence-electron chi connectivity index (χ0n) is 14.5. The van der Waals surface area contributed by atoms with Crippen LogP contribution in [0.15, 0.2) is 59.7 Å². The molecular formula is C20H22ClN3O. The van der Waals surface area contributed by atoms with Gasteiger partial charge in [0.1, 0.15) is 0 Å². The van der Waals surface area contributed by atoms with Crippen molar-refractivity contribution in [3.63, 3.8) is 0 Å². The normalized spacial score (nSPS) is 15.4. The molecule has 0 bridgehead atoms. The summed E-state index contributed by atoms with van der Waals surface area (Å²) in [5.41, 5.74) is 3.19. The summed E-state index contributed by atoms with van der Waals surface area (Å²) in [6, 6.07) is 17.9. The molecular weight excluding hydrogens is 334 g/mol. The van der Waals surface area contributed by atoms with Crippen LogP contribution in [0.2, 0.25) is 5.02 Å². The van der Waals surface area contributed by atoms with E-state index >= 15 is 0 Å². The maximum absolute atomic E-state index is 12.6. The maximum Gasteiger partial charge on any atom is 0.256 e. The lowest BCUT2D eigenvalue weighted by Gasteiger charge is -2.25. The summed E-state index contributed by atoms with van der Waals surface area (Å²) in [6.07, 6.45) is 0.798. The number of amides is 1. The van der Waals surface area contributed by atoms with Crippen LogP contribution >= 0.6 is 11.6 Å². The second-order valence-corrected chi connectivity index (χ2v) is 6.76. The molecule has 2 aromatic rings. The molecule has 0 aromatic heterocycles. The molecule has 1 amide bonds. The summed E-state index contributed by atoms with van der Waals surface area (Å²) < 4.78 is 0. The molecule has 0 N–H and O–H groups in total. The van der Waals surface area contributed by atoms with Crippen LogP contribution in [0.3, 0.4) is 0 Å². The Kier molecular flexibility index (Phi) is 5.51. The average Bonchev–Trinajstić information content (AvgIpc) is 3.13. The van der Waals surface area contributed by atoms with Gasteiger partial charge in [-0.2, -0.15) is 5.10 Å². The molecule has 0 fully saturated rings. The molecule has 5 heteroatoms. The standard InChI is InChI=1S/C20H22ClN3O/c1-15(16-8-10-18(21)11-9-16)23(2)14-20(25)24-13-12-19(22-24)17-6-4-3-5-7-17/h3-11,15H,12-14H2,1-2H3/t15-/m0/s1. The number of rotatable bonds is 5. The van der Waals surface area contributed by atoms with Crippen LogP contribution < -0.4 is 0 Å². The summed E-state index contributed by atoms with van der Waals surface area (Å²) in [5, 5.41) is 6.82. The molecule has 1 aliphatic rings. The first-order valence-electron chi connectivity index (χ1n) is 8.43. The molecule has 3 rings (SSSR count). The Hall–Kier alpha value is -2.17. The zero-order chi connectivity index (χ0) is 17.8. The Morgan fingerprint density at radius 3 is 2.56 bits per heavy atom. The first-order chi connectivity index (χ1) is 12.0. The Morgan fingerprint density at radius 1 is 1.20 bits per heavy atom. The third-order valence-corrected chi connectivity index (χ3v) is 4.85. The molecule has 4 nitrogen and oxygen atoms in total. The van der Waals surface area contributed by atoms with E-state index in [0.717, 1.165) is 28.3 Å². The predicted octanol–water partition coefficient (Wildman–Crippen LogP) is 3.97. The zero-order valence-corrected chi connectivity index (χ0v) is 15.3. The van der Waals surface area contributed by atoms with Crippen LogP contribution in [0.1, 0.15) is 30.5 Å². The number of halogens is 1. The van der Waals surface area contributed by atoms with Crippen molar-refractivity contribution in [2.24, 2.45) is 5.10 Å². The molecule has 0 unspecified atom stereocenters. The molecule has 0 spiro atoms. The van der Waals surface area contributed by atoms with Crippen LogP contribution in [-0.4, -0.2) is 41.7 Å². The van der Waals surface area contributed by atoms with Crippen LogP contribution in [-0.2, 0) is 4.79 Å². The Bertz CT molecular complexity index is 758. The number of benzene rings is 2. The number of hydrogen-bond acceptors (Lipinski definition) is 3.